The Balaban J connectivity index is 3.05. The summed E-state index contributed by atoms with van der Waals surface area (Å²) in [6.45, 7) is 4.29. The van der Waals surface area contributed by atoms with Gasteiger partial charge in [-0.3, -0.25) is 0 Å². The predicted molar refractivity (Wildman–Crippen MR) is 70.4 cm³/mol. The van der Waals surface area contributed by atoms with Crippen molar-refractivity contribution < 1.29 is 14.6 Å². The van der Waals surface area contributed by atoms with Crippen molar-refractivity contribution in [1.82, 2.24) is 0 Å². The lowest BCUT2D eigenvalue weighted by Crippen LogP contribution is -2.18. The van der Waals surface area contributed by atoms with Crippen molar-refractivity contribution >= 4 is 12.0 Å². The first kappa shape index (κ1) is 14.3. The molecule has 1 unspecified atom stereocenters. The first-order chi connectivity index (χ1) is 8.58. The Morgan fingerprint density at radius 3 is 2.78 bits per heavy atom. The second-order valence-electron chi connectivity index (χ2n) is 4.34. The zero-order valence-corrected chi connectivity index (χ0v) is 11.1. The van der Waals surface area contributed by atoms with Crippen LogP contribution in [-0.2, 0) is 4.79 Å². The molecule has 0 bridgehead atoms. The maximum absolute atomic E-state index is 10.4. The maximum Gasteiger partial charge on any atom is 0.122 e. The van der Waals surface area contributed by atoms with E-state index in [1.54, 1.807) is 7.11 Å². The van der Waals surface area contributed by atoms with E-state index in [1.165, 1.54) is 6.08 Å². The average Bonchev–Trinajstić information content (AvgIpc) is 2.36. The van der Waals surface area contributed by atoms with E-state index in [2.05, 4.69) is 13.8 Å². The van der Waals surface area contributed by atoms with Gasteiger partial charge in [0.15, 0.2) is 0 Å². The first-order valence-corrected chi connectivity index (χ1v) is 6.15. The van der Waals surface area contributed by atoms with Crippen molar-refractivity contribution in [3.63, 3.8) is 0 Å². The molecule has 18 heavy (non-hydrogen) atoms. The lowest BCUT2D eigenvalue weighted by atomic mass is 9.94. The molecule has 0 N–H and O–H groups in total. The van der Waals surface area contributed by atoms with E-state index >= 15 is 0 Å². The molecule has 3 nitrogen and oxygen atoms in total. The zero-order chi connectivity index (χ0) is 13.5. The van der Waals surface area contributed by atoms with Gasteiger partial charge in [0.1, 0.15) is 5.75 Å². The molecule has 0 heterocycles. The molecule has 1 aromatic carbocycles. The second kappa shape index (κ2) is 6.84. The summed E-state index contributed by atoms with van der Waals surface area (Å²) in [6, 6.07) is 5.68. The van der Waals surface area contributed by atoms with Crippen molar-refractivity contribution in [3.05, 3.63) is 35.4 Å². The van der Waals surface area contributed by atoms with Crippen LogP contribution in [0.25, 0.3) is 6.08 Å². The molecule has 0 radical (unpaired) electrons. The van der Waals surface area contributed by atoms with Gasteiger partial charge in [-0.15, -0.1) is 0 Å². The molecule has 0 aliphatic carbocycles. The number of aliphatic carboxylic acids is 1. The number of carbonyl (C=O) groups is 1. The van der Waals surface area contributed by atoms with Crippen molar-refractivity contribution in [2.75, 3.05) is 7.11 Å². The van der Waals surface area contributed by atoms with Crippen LogP contribution in [0.15, 0.2) is 24.3 Å². The fourth-order valence-corrected chi connectivity index (χ4v) is 1.99. The van der Waals surface area contributed by atoms with Gasteiger partial charge in [-0.25, -0.2) is 0 Å². The van der Waals surface area contributed by atoms with E-state index < -0.39 is 5.97 Å². The Kier molecular flexibility index (Phi) is 5.43. The third-order valence-electron chi connectivity index (χ3n) is 2.92. The Bertz CT molecular complexity index is 435. The van der Waals surface area contributed by atoms with E-state index in [0.717, 1.165) is 35.8 Å². The SMILES string of the molecule is CCCC(C)c1cc(/C=C/C(=O)[O-])ccc1OC. The van der Waals surface area contributed by atoms with Crippen LogP contribution < -0.4 is 9.84 Å². The number of carboxylic acids is 1. The number of hydrogen-bond acceptors (Lipinski definition) is 3. The third-order valence-corrected chi connectivity index (χ3v) is 2.92. The van der Waals surface area contributed by atoms with Gasteiger partial charge in [-0.2, -0.15) is 0 Å². The molecule has 0 aliphatic heterocycles. The Hall–Kier alpha value is -1.77. The third kappa shape index (κ3) is 3.91. The summed E-state index contributed by atoms with van der Waals surface area (Å²) < 4.78 is 5.34. The fourth-order valence-electron chi connectivity index (χ4n) is 1.99. The number of ether oxygens (including phenoxy) is 1. The van der Waals surface area contributed by atoms with E-state index in [0.29, 0.717) is 5.92 Å². The summed E-state index contributed by atoms with van der Waals surface area (Å²) in [5.74, 6) is 0.0526. The normalized spacial score (nSPS) is 12.6. The standard InChI is InChI=1S/C15H20O3/c1-4-5-11(2)13-10-12(7-9-15(16)17)6-8-14(13)18-3/h6-11H,4-5H2,1-3H3,(H,16,17)/p-1/b9-7+. The summed E-state index contributed by atoms with van der Waals surface area (Å²) in [4.78, 5) is 10.4. The minimum Gasteiger partial charge on any atom is -0.545 e. The summed E-state index contributed by atoms with van der Waals surface area (Å²) in [6.07, 6.45) is 4.75. The number of carbonyl (C=O) groups excluding carboxylic acids is 1. The summed E-state index contributed by atoms with van der Waals surface area (Å²) >= 11 is 0. The molecule has 0 saturated heterocycles. The van der Waals surface area contributed by atoms with Crippen molar-refractivity contribution in [2.45, 2.75) is 32.6 Å². The molecule has 0 fully saturated rings. The molecule has 0 spiro atoms. The van der Waals surface area contributed by atoms with E-state index in [1.807, 2.05) is 18.2 Å². The minimum atomic E-state index is -1.19. The van der Waals surface area contributed by atoms with Crippen LogP contribution in [0.4, 0.5) is 0 Å². The zero-order valence-electron chi connectivity index (χ0n) is 11.1. The molecular formula is C15H19O3-. The molecule has 1 aromatic rings. The molecular weight excluding hydrogens is 228 g/mol. The lowest BCUT2D eigenvalue weighted by molar-refractivity contribution is -0.297. The first-order valence-electron chi connectivity index (χ1n) is 6.15. The predicted octanol–water partition coefficient (Wildman–Crippen LogP) is 2.36. The Morgan fingerprint density at radius 1 is 1.50 bits per heavy atom. The molecule has 0 aliphatic rings. The summed E-state index contributed by atoms with van der Waals surface area (Å²) in [7, 11) is 1.65. The van der Waals surface area contributed by atoms with Crippen LogP contribution in [-0.4, -0.2) is 13.1 Å². The van der Waals surface area contributed by atoms with Crippen LogP contribution in [0, 0.1) is 0 Å². The van der Waals surface area contributed by atoms with Gasteiger partial charge in [-0.05, 0) is 41.7 Å². The number of benzene rings is 1. The molecule has 0 aromatic heterocycles. The highest BCUT2D eigenvalue weighted by molar-refractivity contribution is 5.83. The smallest absolute Gasteiger partial charge is 0.122 e. The van der Waals surface area contributed by atoms with Crippen molar-refractivity contribution in [1.29, 1.82) is 0 Å². The molecule has 1 atom stereocenters. The van der Waals surface area contributed by atoms with Gasteiger partial charge in [0.25, 0.3) is 0 Å². The van der Waals surface area contributed by atoms with Gasteiger partial charge >= 0.3 is 0 Å². The lowest BCUT2D eigenvalue weighted by Gasteiger charge is -2.15. The highest BCUT2D eigenvalue weighted by Gasteiger charge is 2.10. The van der Waals surface area contributed by atoms with Crippen LogP contribution in [0.3, 0.4) is 0 Å². The van der Waals surface area contributed by atoms with Crippen molar-refractivity contribution in [2.24, 2.45) is 0 Å². The molecule has 0 amide bonds. The quantitative estimate of drug-likeness (QED) is 0.725. The van der Waals surface area contributed by atoms with Gasteiger partial charge in [0, 0.05) is 0 Å². The maximum atomic E-state index is 10.4. The molecule has 1 rings (SSSR count). The summed E-state index contributed by atoms with van der Waals surface area (Å²) in [5, 5.41) is 10.4. The Morgan fingerprint density at radius 2 is 2.22 bits per heavy atom. The molecule has 3 heteroatoms. The summed E-state index contributed by atoms with van der Waals surface area (Å²) in [5.41, 5.74) is 1.96. The second-order valence-corrected chi connectivity index (χ2v) is 4.34. The Labute approximate surface area is 108 Å². The highest BCUT2D eigenvalue weighted by atomic mass is 16.5. The fraction of sp³-hybridized carbons (Fsp3) is 0.400. The van der Waals surface area contributed by atoms with Crippen molar-refractivity contribution in [3.8, 4) is 5.75 Å². The van der Waals surface area contributed by atoms with E-state index in [-0.39, 0.29) is 0 Å². The van der Waals surface area contributed by atoms with Crippen LogP contribution in [0.5, 0.6) is 5.75 Å². The van der Waals surface area contributed by atoms with Gasteiger partial charge in [0.2, 0.25) is 0 Å². The van der Waals surface area contributed by atoms with E-state index in [9.17, 15) is 9.90 Å². The number of rotatable bonds is 6. The van der Waals surface area contributed by atoms with Crippen LogP contribution in [0.1, 0.15) is 43.7 Å². The van der Waals surface area contributed by atoms with Crippen LogP contribution >= 0.6 is 0 Å². The molecule has 0 saturated carbocycles. The van der Waals surface area contributed by atoms with E-state index in [4.69, 9.17) is 4.74 Å². The number of carboxylic acid groups (broad SMARTS) is 1. The van der Waals surface area contributed by atoms with Crippen LogP contribution in [0.2, 0.25) is 0 Å². The topological polar surface area (TPSA) is 49.4 Å². The monoisotopic (exact) mass is 247 g/mol. The number of hydrogen-bond donors (Lipinski definition) is 0. The largest absolute Gasteiger partial charge is 0.545 e. The van der Waals surface area contributed by atoms with Gasteiger partial charge in [-0.1, -0.05) is 32.4 Å². The van der Waals surface area contributed by atoms with Gasteiger partial charge in [0.05, 0.1) is 13.1 Å². The number of methoxy groups -OCH3 is 1. The average molecular weight is 247 g/mol. The van der Waals surface area contributed by atoms with Gasteiger partial charge < -0.3 is 14.6 Å². The highest BCUT2D eigenvalue weighted by Crippen LogP contribution is 2.30. The minimum absolute atomic E-state index is 0.390. The molecule has 98 valence electrons.